The zero-order valence-corrected chi connectivity index (χ0v) is 10.3. The van der Waals surface area contributed by atoms with Crippen LogP contribution in [0.2, 0.25) is 0 Å². The molecule has 1 saturated heterocycles. The van der Waals surface area contributed by atoms with E-state index in [2.05, 4.69) is 9.88 Å². The van der Waals surface area contributed by atoms with Gasteiger partial charge in [-0.05, 0) is 18.6 Å². The third kappa shape index (κ3) is 3.78. The summed E-state index contributed by atoms with van der Waals surface area (Å²) in [4.78, 5) is 17.2. The Hall–Kier alpha value is -1.46. The summed E-state index contributed by atoms with van der Waals surface area (Å²) < 4.78 is 5.43. The number of aromatic nitrogens is 1. The van der Waals surface area contributed by atoms with Crippen LogP contribution in [-0.4, -0.2) is 46.8 Å². The molecular weight excluding hydrogens is 232 g/mol. The van der Waals surface area contributed by atoms with Gasteiger partial charge in [0.2, 0.25) is 0 Å². The summed E-state index contributed by atoms with van der Waals surface area (Å²) in [5.74, 6) is -0.752. The minimum Gasteiger partial charge on any atom is -0.481 e. The molecule has 0 aliphatic carbocycles. The van der Waals surface area contributed by atoms with Gasteiger partial charge in [0.05, 0.1) is 18.9 Å². The lowest BCUT2D eigenvalue weighted by Gasteiger charge is -2.35. The average Bonchev–Trinajstić information content (AvgIpc) is 2.39. The second kappa shape index (κ2) is 6.47. The van der Waals surface area contributed by atoms with E-state index < -0.39 is 5.97 Å². The van der Waals surface area contributed by atoms with Crippen molar-refractivity contribution in [1.29, 1.82) is 0 Å². The molecule has 1 aromatic heterocycles. The maximum absolute atomic E-state index is 10.6. The van der Waals surface area contributed by atoms with E-state index in [-0.39, 0.29) is 12.5 Å². The molecule has 1 aliphatic heterocycles. The summed E-state index contributed by atoms with van der Waals surface area (Å²) in [6, 6.07) is 6.03. The molecule has 5 nitrogen and oxygen atoms in total. The number of morpholine rings is 1. The molecule has 0 aromatic carbocycles. The molecule has 0 radical (unpaired) electrons. The van der Waals surface area contributed by atoms with Crippen LogP contribution in [0.25, 0.3) is 0 Å². The molecule has 0 saturated carbocycles. The summed E-state index contributed by atoms with van der Waals surface area (Å²) in [5.41, 5.74) is 1.01. The van der Waals surface area contributed by atoms with Gasteiger partial charge < -0.3 is 9.84 Å². The van der Waals surface area contributed by atoms with Crippen molar-refractivity contribution in [2.75, 3.05) is 19.8 Å². The zero-order chi connectivity index (χ0) is 12.8. The first-order valence-electron chi connectivity index (χ1n) is 6.19. The van der Waals surface area contributed by atoms with Gasteiger partial charge in [-0.25, -0.2) is 0 Å². The van der Waals surface area contributed by atoms with Crippen LogP contribution < -0.4 is 0 Å². The van der Waals surface area contributed by atoms with Crippen molar-refractivity contribution in [3.63, 3.8) is 0 Å². The van der Waals surface area contributed by atoms with E-state index in [4.69, 9.17) is 9.84 Å². The van der Waals surface area contributed by atoms with Gasteiger partial charge in [0.25, 0.3) is 0 Å². The topological polar surface area (TPSA) is 62.7 Å². The van der Waals surface area contributed by atoms with Crippen LogP contribution in [0.4, 0.5) is 0 Å². The standard InChI is InChI=1S/C13H18N2O3/c16-13(17)5-4-12-10-18-8-7-15(12)9-11-3-1-2-6-14-11/h1-3,6,12H,4-5,7-10H2,(H,16,17). The largest absolute Gasteiger partial charge is 0.481 e. The molecule has 0 bridgehead atoms. The molecule has 2 rings (SSSR count). The van der Waals surface area contributed by atoms with Gasteiger partial charge >= 0.3 is 5.97 Å². The highest BCUT2D eigenvalue weighted by atomic mass is 16.5. The minimum absolute atomic E-state index is 0.178. The predicted molar refractivity (Wildman–Crippen MR) is 66.1 cm³/mol. The third-order valence-corrected chi connectivity index (χ3v) is 3.13. The Morgan fingerprint density at radius 3 is 3.17 bits per heavy atom. The number of aliphatic carboxylic acids is 1. The minimum atomic E-state index is -0.752. The highest BCUT2D eigenvalue weighted by molar-refractivity contribution is 5.66. The monoisotopic (exact) mass is 250 g/mol. The third-order valence-electron chi connectivity index (χ3n) is 3.13. The maximum Gasteiger partial charge on any atom is 0.303 e. The van der Waals surface area contributed by atoms with E-state index >= 15 is 0 Å². The Kier molecular flexibility index (Phi) is 4.66. The normalized spacial score (nSPS) is 20.8. The smallest absolute Gasteiger partial charge is 0.303 e. The molecule has 1 unspecified atom stereocenters. The van der Waals surface area contributed by atoms with Crippen molar-refractivity contribution in [2.45, 2.75) is 25.4 Å². The van der Waals surface area contributed by atoms with Crippen molar-refractivity contribution >= 4 is 5.97 Å². The lowest BCUT2D eigenvalue weighted by Crippen LogP contribution is -2.45. The molecule has 0 amide bonds. The number of nitrogens with zero attached hydrogens (tertiary/aromatic N) is 2. The molecule has 2 heterocycles. The van der Waals surface area contributed by atoms with Crippen molar-refractivity contribution < 1.29 is 14.6 Å². The summed E-state index contributed by atoms with van der Waals surface area (Å²) in [6.45, 7) is 2.91. The second-order valence-electron chi connectivity index (χ2n) is 4.45. The fourth-order valence-electron chi connectivity index (χ4n) is 2.15. The van der Waals surface area contributed by atoms with Crippen molar-refractivity contribution in [3.05, 3.63) is 30.1 Å². The number of hydrogen-bond acceptors (Lipinski definition) is 4. The van der Waals surface area contributed by atoms with Crippen LogP contribution >= 0.6 is 0 Å². The Morgan fingerprint density at radius 1 is 1.56 bits per heavy atom. The molecule has 1 atom stereocenters. The Balaban J connectivity index is 1.93. The van der Waals surface area contributed by atoms with E-state index in [1.165, 1.54) is 0 Å². The first kappa shape index (κ1) is 13.0. The number of carboxylic acids is 1. The summed E-state index contributed by atoms with van der Waals surface area (Å²) in [6.07, 6.45) is 2.59. The Labute approximate surface area is 106 Å². The van der Waals surface area contributed by atoms with Crippen molar-refractivity contribution in [2.24, 2.45) is 0 Å². The average molecular weight is 250 g/mol. The van der Waals surface area contributed by atoms with Gasteiger partial charge in [-0.3, -0.25) is 14.7 Å². The predicted octanol–water partition coefficient (Wildman–Crippen LogP) is 1.15. The number of pyridine rings is 1. The van der Waals surface area contributed by atoms with Gasteiger partial charge in [-0.2, -0.15) is 0 Å². The van der Waals surface area contributed by atoms with E-state index in [0.717, 1.165) is 18.8 Å². The quantitative estimate of drug-likeness (QED) is 0.849. The van der Waals surface area contributed by atoms with Gasteiger partial charge in [-0.15, -0.1) is 0 Å². The van der Waals surface area contributed by atoms with E-state index in [1.54, 1.807) is 6.20 Å². The maximum atomic E-state index is 10.6. The van der Waals surface area contributed by atoms with Crippen LogP contribution in [0.3, 0.4) is 0 Å². The number of hydrogen-bond donors (Lipinski definition) is 1. The number of carbonyl (C=O) groups is 1. The van der Waals surface area contributed by atoms with Crippen LogP contribution in [0.1, 0.15) is 18.5 Å². The highest BCUT2D eigenvalue weighted by Crippen LogP contribution is 2.15. The second-order valence-corrected chi connectivity index (χ2v) is 4.45. The van der Waals surface area contributed by atoms with Crippen molar-refractivity contribution in [3.8, 4) is 0 Å². The highest BCUT2D eigenvalue weighted by Gasteiger charge is 2.23. The fourth-order valence-corrected chi connectivity index (χ4v) is 2.15. The van der Waals surface area contributed by atoms with Gasteiger partial charge in [0.1, 0.15) is 0 Å². The lowest BCUT2D eigenvalue weighted by molar-refractivity contribution is -0.137. The first-order chi connectivity index (χ1) is 8.75. The fraction of sp³-hybridized carbons (Fsp3) is 0.538. The van der Waals surface area contributed by atoms with E-state index in [1.807, 2.05) is 18.2 Å². The van der Waals surface area contributed by atoms with Crippen molar-refractivity contribution in [1.82, 2.24) is 9.88 Å². The molecule has 1 aliphatic rings. The van der Waals surface area contributed by atoms with Gasteiger partial charge in [0.15, 0.2) is 0 Å². The van der Waals surface area contributed by atoms with Gasteiger partial charge in [0, 0.05) is 31.7 Å². The molecule has 1 aromatic rings. The molecule has 0 spiro atoms. The molecule has 18 heavy (non-hydrogen) atoms. The Morgan fingerprint density at radius 2 is 2.44 bits per heavy atom. The molecule has 5 heteroatoms. The van der Waals surface area contributed by atoms with Crippen LogP contribution in [0, 0.1) is 0 Å². The molecule has 98 valence electrons. The SMILES string of the molecule is O=C(O)CCC1COCCN1Cc1ccccn1. The van der Waals surface area contributed by atoms with Gasteiger partial charge in [-0.1, -0.05) is 6.07 Å². The van der Waals surface area contributed by atoms with E-state index in [0.29, 0.717) is 19.6 Å². The lowest BCUT2D eigenvalue weighted by atomic mass is 10.1. The van der Waals surface area contributed by atoms with Crippen LogP contribution in [0.15, 0.2) is 24.4 Å². The molecule has 1 fully saturated rings. The Bertz CT molecular complexity index is 383. The number of carboxylic acid groups (broad SMARTS) is 1. The van der Waals surface area contributed by atoms with Crippen LogP contribution in [0.5, 0.6) is 0 Å². The summed E-state index contributed by atoms with van der Waals surface area (Å²) >= 11 is 0. The summed E-state index contributed by atoms with van der Waals surface area (Å²) in [7, 11) is 0. The molecular formula is C13H18N2O3. The van der Waals surface area contributed by atoms with E-state index in [9.17, 15) is 4.79 Å². The van der Waals surface area contributed by atoms with Crippen LogP contribution in [-0.2, 0) is 16.1 Å². The molecule has 1 N–H and O–H groups in total. The number of rotatable bonds is 5. The first-order valence-corrected chi connectivity index (χ1v) is 6.19. The summed E-state index contributed by atoms with van der Waals surface area (Å²) in [5, 5.41) is 8.75. The zero-order valence-electron chi connectivity index (χ0n) is 10.3. The number of ether oxygens (including phenoxy) is 1.